The van der Waals surface area contributed by atoms with Crippen LogP contribution in [0.15, 0.2) is 29.4 Å². The molecule has 9 heteroatoms. The van der Waals surface area contributed by atoms with E-state index in [-0.39, 0.29) is 0 Å². The average Bonchev–Trinajstić information content (AvgIpc) is 3.44. The van der Waals surface area contributed by atoms with Gasteiger partial charge in [0, 0.05) is 32.4 Å². The van der Waals surface area contributed by atoms with Crippen LogP contribution in [0, 0.1) is 5.92 Å². The van der Waals surface area contributed by atoms with E-state index in [0.717, 1.165) is 53.1 Å². The molecule has 1 saturated carbocycles. The van der Waals surface area contributed by atoms with Gasteiger partial charge >= 0.3 is 0 Å². The Morgan fingerprint density at radius 1 is 1.39 bits per heavy atom. The molecule has 0 radical (unpaired) electrons. The van der Waals surface area contributed by atoms with E-state index in [2.05, 4.69) is 63.1 Å². The minimum absolute atomic E-state index is 0.478. The Morgan fingerprint density at radius 2 is 2.29 bits per heavy atom. The first kappa shape index (κ1) is 19.2. The van der Waals surface area contributed by atoms with Crippen LogP contribution in [0.2, 0.25) is 0 Å². The standard InChI is InChI=1S/C19H27BrN8/c1-22-18-15-5-8-28(19(15)24-12-23-18)14-4-3-13(9-14)11-27(7-2-6-21)16-10-25-26-17(16)20/h5,8,10,12-14H,2-4,6-7,9,11,21H2,1H3,(H,25,26)(H,22,23,24). The van der Waals surface area contributed by atoms with Gasteiger partial charge in [0.05, 0.1) is 17.3 Å². The Morgan fingerprint density at radius 3 is 3.04 bits per heavy atom. The van der Waals surface area contributed by atoms with Gasteiger partial charge in [-0.05, 0) is 60.1 Å². The van der Waals surface area contributed by atoms with Crippen molar-refractivity contribution in [3.63, 3.8) is 0 Å². The van der Waals surface area contributed by atoms with Gasteiger partial charge in [-0.25, -0.2) is 9.97 Å². The molecular formula is C19H27BrN8. The molecule has 8 nitrogen and oxygen atoms in total. The largest absolute Gasteiger partial charge is 0.372 e. The van der Waals surface area contributed by atoms with Crippen LogP contribution in [0.3, 0.4) is 0 Å². The molecule has 0 aliphatic heterocycles. The number of anilines is 2. The zero-order valence-corrected chi connectivity index (χ0v) is 17.7. The quantitative estimate of drug-likeness (QED) is 0.491. The van der Waals surface area contributed by atoms with E-state index < -0.39 is 0 Å². The van der Waals surface area contributed by atoms with Crippen molar-refractivity contribution in [1.82, 2.24) is 24.7 Å². The number of halogens is 1. The van der Waals surface area contributed by atoms with E-state index >= 15 is 0 Å². The van der Waals surface area contributed by atoms with Crippen LogP contribution in [0.4, 0.5) is 11.5 Å². The monoisotopic (exact) mass is 446 g/mol. The van der Waals surface area contributed by atoms with Crippen molar-refractivity contribution in [2.75, 3.05) is 36.9 Å². The number of fused-ring (bicyclic) bond motifs is 1. The van der Waals surface area contributed by atoms with E-state index in [4.69, 9.17) is 5.73 Å². The van der Waals surface area contributed by atoms with Crippen molar-refractivity contribution in [3.05, 3.63) is 29.4 Å². The number of nitrogens with two attached hydrogens (primary N) is 1. The Balaban J connectivity index is 1.48. The highest BCUT2D eigenvalue weighted by Gasteiger charge is 2.29. The fourth-order valence-corrected chi connectivity index (χ4v) is 4.78. The van der Waals surface area contributed by atoms with Crippen molar-refractivity contribution in [2.45, 2.75) is 31.7 Å². The fourth-order valence-electron chi connectivity index (χ4n) is 4.32. The van der Waals surface area contributed by atoms with Crippen LogP contribution in [0.1, 0.15) is 31.7 Å². The van der Waals surface area contributed by atoms with Crippen LogP contribution in [0.5, 0.6) is 0 Å². The minimum atomic E-state index is 0.478. The number of aromatic nitrogens is 5. The van der Waals surface area contributed by atoms with Gasteiger partial charge in [-0.15, -0.1) is 0 Å². The Labute approximate surface area is 173 Å². The molecule has 1 aliphatic rings. The summed E-state index contributed by atoms with van der Waals surface area (Å²) in [6, 6.07) is 2.59. The molecule has 150 valence electrons. The lowest BCUT2D eigenvalue weighted by atomic mass is 10.1. The Hall–Kier alpha value is -2.13. The zero-order valence-electron chi connectivity index (χ0n) is 16.1. The summed E-state index contributed by atoms with van der Waals surface area (Å²) in [6.07, 6.45) is 10.2. The van der Waals surface area contributed by atoms with Gasteiger partial charge in [0.25, 0.3) is 0 Å². The molecule has 28 heavy (non-hydrogen) atoms. The van der Waals surface area contributed by atoms with Crippen molar-refractivity contribution >= 4 is 38.5 Å². The lowest BCUT2D eigenvalue weighted by Gasteiger charge is -2.27. The maximum absolute atomic E-state index is 5.76. The molecule has 4 N–H and O–H groups in total. The molecule has 0 spiro atoms. The smallest absolute Gasteiger partial charge is 0.145 e. The van der Waals surface area contributed by atoms with Gasteiger partial charge in [0.15, 0.2) is 0 Å². The highest BCUT2D eigenvalue weighted by molar-refractivity contribution is 9.10. The van der Waals surface area contributed by atoms with E-state index in [1.807, 2.05) is 13.2 Å². The van der Waals surface area contributed by atoms with Crippen LogP contribution in [0.25, 0.3) is 11.0 Å². The molecule has 3 aromatic heterocycles. The number of nitrogens with one attached hydrogen (secondary N) is 2. The molecule has 0 aromatic carbocycles. The SMILES string of the molecule is CNc1ncnc2c1ccn2C1CCC(CN(CCCN)c2cn[nH]c2Br)C1. The van der Waals surface area contributed by atoms with Gasteiger partial charge in [-0.1, -0.05) is 0 Å². The normalized spacial score (nSPS) is 19.4. The van der Waals surface area contributed by atoms with Gasteiger partial charge < -0.3 is 20.5 Å². The lowest BCUT2D eigenvalue weighted by molar-refractivity contribution is 0.477. The molecule has 0 saturated heterocycles. The lowest BCUT2D eigenvalue weighted by Crippen LogP contribution is -2.31. The minimum Gasteiger partial charge on any atom is -0.372 e. The number of hydrogen-bond acceptors (Lipinski definition) is 6. The molecule has 3 aromatic rings. The molecule has 4 rings (SSSR count). The first-order valence-electron chi connectivity index (χ1n) is 9.84. The van der Waals surface area contributed by atoms with Crippen LogP contribution in [-0.2, 0) is 0 Å². The second kappa shape index (κ2) is 8.48. The van der Waals surface area contributed by atoms with Crippen molar-refractivity contribution in [3.8, 4) is 0 Å². The molecule has 2 atom stereocenters. The third-order valence-electron chi connectivity index (χ3n) is 5.68. The number of nitrogens with zero attached hydrogens (tertiary/aromatic N) is 5. The predicted molar refractivity (Wildman–Crippen MR) is 116 cm³/mol. The number of aromatic amines is 1. The fraction of sp³-hybridized carbons (Fsp3) is 0.526. The van der Waals surface area contributed by atoms with Gasteiger partial charge in [-0.3, -0.25) is 5.10 Å². The third kappa shape index (κ3) is 3.73. The number of H-pyrrole nitrogens is 1. The predicted octanol–water partition coefficient (Wildman–Crippen LogP) is 3.16. The molecule has 2 unspecified atom stereocenters. The molecule has 0 amide bonds. The molecule has 0 bridgehead atoms. The molecule has 3 heterocycles. The van der Waals surface area contributed by atoms with Gasteiger partial charge in [0.2, 0.25) is 0 Å². The van der Waals surface area contributed by atoms with Gasteiger partial charge in [-0.2, -0.15) is 5.10 Å². The van der Waals surface area contributed by atoms with E-state index in [1.54, 1.807) is 6.33 Å². The summed E-state index contributed by atoms with van der Waals surface area (Å²) >= 11 is 3.58. The number of rotatable bonds is 8. The van der Waals surface area contributed by atoms with E-state index in [9.17, 15) is 0 Å². The second-order valence-corrected chi connectivity index (χ2v) is 8.22. The summed E-state index contributed by atoms with van der Waals surface area (Å²) in [7, 11) is 1.90. The summed E-state index contributed by atoms with van der Waals surface area (Å²) < 4.78 is 3.27. The Kier molecular flexibility index (Phi) is 5.82. The first-order valence-corrected chi connectivity index (χ1v) is 10.6. The highest BCUT2D eigenvalue weighted by Crippen LogP contribution is 2.38. The zero-order chi connectivity index (χ0) is 19.5. The molecular weight excluding hydrogens is 420 g/mol. The highest BCUT2D eigenvalue weighted by atomic mass is 79.9. The van der Waals surface area contributed by atoms with E-state index in [0.29, 0.717) is 18.5 Å². The first-order chi connectivity index (χ1) is 13.7. The summed E-state index contributed by atoms with van der Waals surface area (Å²) in [6.45, 7) is 2.66. The van der Waals surface area contributed by atoms with Crippen molar-refractivity contribution in [2.24, 2.45) is 11.7 Å². The summed E-state index contributed by atoms with van der Waals surface area (Å²) in [5.41, 5.74) is 7.89. The summed E-state index contributed by atoms with van der Waals surface area (Å²) in [5, 5.41) is 11.4. The van der Waals surface area contributed by atoms with Crippen molar-refractivity contribution < 1.29 is 0 Å². The number of hydrogen-bond donors (Lipinski definition) is 3. The average molecular weight is 447 g/mol. The summed E-state index contributed by atoms with van der Waals surface area (Å²) in [4.78, 5) is 11.3. The molecule has 1 aliphatic carbocycles. The Bertz CT molecular complexity index is 920. The van der Waals surface area contributed by atoms with Gasteiger partial charge in [0.1, 0.15) is 22.4 Å². The maximum Gasteiger partial charge on any atom is 0.145 e. The summed E-state index contributed by atoms with van der Waals surface area (Å²) in [5.74, 6) is 1.52. The topological polar surface area (TPSA) is 101 Å². The molecule has 1 fully saturated rings. The van der Waals surface area contributed by atoms with Crippen molar-refractivity contribution in [1.29, 1.82) is 0 Å². The van der Waals surface area contributed by atoms with Crippen LogP contribution in [-0.4, -0.2) is 51.4 Å². The van der Waals surface area contributed by atoms with Crippen LogP contribution < -0.4 is 16.0 Å². The second-order valence-electron chi connectivity index (χ2n) is 7.42. The van der Waals surface area contributed by atoms with Crippen LogP contribution >= 0.6 is 15.9 Å². The maximum atomic E-state index is 5.76. The van der Waals surface area contributed by atoms with E-state index in [1.165, 1.54) is 12.8 Å². The third-order valence-corrected chi connectivity index (χ3v) is 6.26.